The van der Waals surface area contributed by atoms with Gasteiger partial charge in [-0.2, -0.15) is 0 Å². The Morgan fingerprint density at radius 2 is 2.06 bits per heavy atom. The van der Waals surface area contributed by atoms with Gasteiger partial charge in [0, 0.05) is 18.1 Å². The molecule has 7 nitrogen and oxygen atoms in total. The highest BCUT2D eigenvalue weighted by Gasteiger charge is 2.31. The van der Waals surface area contributed by atoms with E-state index in [2.05, 4.69) is 27.9 Å². The molecule has 8 heteroatoms. The van der Waals surface area contributed by atoms with Crippen molar-refractivity contribution in [2.75, 3.05) is 19.0 Å². The van der Waals surface area contributed by atoms with Gasteiger partial charge in [0.1, 0.15) is 12.4 Å². The highest BCUT2D eigenvalue weighted by molar-refractivity contribution is 7.98. The van der Waals surface area contributed by atoms with Gasteiger partial charge in [0.2, 0.25) is 5.91 Å². The molecule has 0 fully saturated rings. The van der Waals surface area contributed by atoms with Crippen molar-refractivity contribution in [2.24, 2.45) is 0 Å². The zero-order valence-corrected chi connectivity index (χ0v) is 19.3. The first-order valence-electron chi connectivity index (χ1n) is 10.5. The van der Waals surface area contributed by atoms with Crippen LogP contribution in [0.5, 0.6) is 11.5 Å². The highest BCUT2D eigenvalue weighted by Crippen LogP contribution is 2.38. The Morgan fingerprint density at radius 1 is 1.21 bits per heavy atom. The molecule has 0 radical (unpaired) electrons. The second kappa shape index (κ2) is 9.95. The summed E-state index contributed by atoms with van der Waals surface area (Å²) in [5.41, 5.74) is 3.26. The number of carbonyl (C=O) groups is 1. The average molecular weight is 464 g/mol. The van der Waals surface area contributed by atoms with E-state index in [1.807, 2.05) is 31.2 Å². The van der Waals surface area contributed by atoms with E-state index in [0.29, 0.717) is 40.4 Å². The van der Waals surface area contributed by atoms with E-state index in [4.69, 9.17) is 9.47 Å². The molecule has 33 heavy (non-hydrogen) atoms. The summed E-state index contributed by atoms with van der Waals surface area (Å²) in [5, 5.41) is 3.23. The molecule has 0 saturated heterocycles. The maximum Gasteiger partial charge on any atom is 0.257 e. The van der Waals surface area contributed by atoms with Crippen molar-refractivity contribution in [3.05, 3.63) is 87.7 Å². The van der Waals surface area contributed by atoms with E-state index in [-0.39, 0.29) is 17.9 Å². The summed E-state index contributed by atoms with van der Waals surface area (Å²) in [7, 11) is 1.55. The molecule has 3 aromatic rings. The summed E-state index contributed by atoms with van der Waals surface area (Å²) in [4.78, 5) is 33.0. The Bertz CT molecular complexity index is 1250. The van der Waals surface area contributed by atoms with Crippen LogP contribution in [0.15, 0.2) is 65.1 Å². The number of methoxy groups -OCH3 is 1. The first-order valence-corrected chi connectivity index (χ1v) is 11.5. The number of anilines is 1. The fourth-order valence-electron chi connectivity index (χ4n) is 3.83. The van der Waals surface area contributed by atoms with Crippen LogP contribution in [0.4, 0.5) is 5.82 Å². The molecule has 2 N–H and O–H groups in total. The lowest BCUT2D eigenvalue weighted by Gasteiger charge is -2.25. The molecule has 2 heterocycles. The molecule has 1 aromatic heterocycles. The number of aromatic nitrogens is 2. The van der Waals surface area contributed by atoms with Gasteiger partial charge < -0.3 is 19.8 Å². The van der Waals surface area contributed by atoms with E-state index >= 15 is 0 Å². The smallest absolute Gasteiger partial charge is 0.257 e. The van der Waals surface area contributed by atoms with Crippen LogP contribution in [0.1, 0.15) is 34.6 Å². The van der Waals surface area contributed by atoms with Gasteiger partial charge in [-0.3, -0.25) is 9.59 Å². The van der Waals surface area contributed by atoms with E-state index in [1.54, 1.807) is 25.3 Å². The van der Waals surface area contributed by atoms with Crippen molar-refractivity contribution in [1.82, 2.24) is 9.97 Å². The highest BCUT2D eigenvalue weighted by atomic mass is 32.2. The number of nitrogens with one attached hydrogen (secondary N) is 2. The van der Waals surface area contributed by atoms with Crippen LogP contribution in [0.25, 0.3) is 0 Å². The minimum Gasteiger partial charge on any atom is -0.493 e. The Balaban J connectivity index is 1.64. The maximum atomic E-state index is 13.1. The fourth-order valence-corrected chi connectivity index (χ4v) is 4.63. The molecule has 0 saturated carbocycles. The van der Waals surface area contributed by atoms with Crippen molar-refractivity contribution in [3.63, 3.8) is 0 Å². The molecule has 0 bridgehead atoms. The van der Waals surface area contributed by atoms with Crippen LogP contribution in [0.3, 0.4) is 0 Å². The van der Waals surface area contributed by atoms with Crippen LogP contribution in [0.2, 0.25) is 0 Å². The quantitative estimate of drug-likeness (QED) is 0.292. The third kappa shape index (κ3) is 5.12. The van der Waals surface area contributed by atoms with Gasteiger partial charge in [-0.05, 0) is 30.2 Å². The summed E-state index contributed by atoms with van der Waals surface area (Å²) in [6.45, 7) is 6.03. The largest absolute Gasteiger partial charge is 0.493 e. The lowest BCUT2D eigenvalue weighted by atomic mass is 9.86. The Morgan fingerprint density at radius 3 is 2.82 bits per heavy atom. The number of nitrogens with zero attached hydrogens (tertiary/aromatic N) is 1. The monoisotopic (exact) mass is 463 g/mol. The second-order valence-corrected chi connectivity index (χ2v) is 8.69. The molecule has 0 unspecified atom stereocenters. The third-order valence-electron chi connectivity index (χ3n) is 5.33. The zero-order valence-electron chi connectivity index (χ0n) is 18.5. The first-order chi connectivity index (χ1) is 16.0. The fraction of sp³-hybridized carbons (Fsp3) is 0.240. The number of aromatic amines is 1. The van der Waals surface area contributed by atoms with Crippen molar-refractivity contribution in [1.29, 1.82) is 0 Å². The summed E-state index contributed by atoms with van der Waals surface area (Å²) in [6, 6.07) is 13.6. The normalized spacial score (nSPS) is 14.8. The SMILES string of the molecule is C=CCOc1ccc([C@H]2CC(=O)Nc3nc(SCc4cccc(C)c4)[nH]c(=O)c32)cc1OC. The molecule has 1 amide bonds. The number of benzene rings is 2. The molecule has 0 spiro atoms. The van der Waals surface area contributed by atoms with Crippen molar-refractivity contribution in [2.45, 2.75) is 30.2 Å². The lowest BCUT2D eigenvalue weighted by molar-refractivity contribution is -0.116. The Labute approximate surface area is 196 Å². The minimum absolute atomic E-state index is 0.142. The number of thioether (sulfide) groups is 1. The predicted molar refractivity (Wildman–Crippen MR) is 129 cm³/mol. The van der Waals surface area contributed by atoms with E-state index in [1.165, 1.54) is 17.3 Å². The van der Waals surface area contributed by atoms with Gasteiger partial charge in [-0.25, -0.2) is 4.98 Å². The first kappa shape index (κ1) is 22.7. The number of aryl methyl sites for hydroxylation is 1. The number of hydrogen-bond donors (Lipinski definition) is 2. The van der Waals surface area contributed by atoms with E-state index < -0.39 is 5.92 Å². The zero-order chi connectivity index (χ0) is 23.4. The summed E-state index contributed by atoms with van der Waals surface area (Å²) < 4.78 is 11.1. The van der Waals surface area contributed by atoms with Crippen LogP contribution in [0, 0.1) is 6.92 Å². The summed E-state index contributed by atoms with van der Waals surface area (Å²) in [5.74, 6) is 1.42. The molecular formula is C25H25N3O4S. The van der Waals surface area contributed by atoms with Gasteiger partial charge in [0.05, 0.1) is 12.7 Å². The van der Waals surface area contributed by atoms with Gasteiger partial charge in [0.25, 0.3) is 5.56 Å². The number of H-pyrrole nitrogens is 1. The number of ether oxygens (including phenoxy) is 2. The topological polar surface area (TPSA) is 93.3 Å². The van der Waals surface area contributed by atoms with Crippen molar-refractivity contribution >= 4 is 23.5 Å². The third-order valence-corrected chi connectivity index (χ3v) is 6.28. The molecule has 1 atom stereocenters. The molecule has 2 aromatic carbocycles. The number of fused-ring (bicyclic) bond motifs is 1. The number of carbonyl (C=O) groups excluding carboxylic acids is 1. The van der Waals surface area contributed by atoms with Gasteiger partial charge in [-0.1, -0.05) is 60.3 Å². The molecule has 1 aliphatic rings. The van der Waals surface area contributed by atoms with Gasteiger partial charge in [-0.15, -0.1) is 0 Å². The van der Waals surface area contributed by atoms with E-state index in [0.717, 1.165) is 11.1 Å². The van der Waals surface area contributed by atoms with Crippen molar-refractivity contribution < 1.29 is 14.3 Å². The van der Waals surface area contributed by atoms with Gasteiger partial charge >= 0.3 is 0 Å². The van der Waals surface area contributed by atoms with Crippen LogP contribution >= 0.6 is 11.8 Å². The number of amides is 1. The Hall–Kier alpha value is -3.52. The molecule has 4 rings (SSSR count). The van der Waals surface area contributed by atoms with Crippen LogP contribution < -0.4 is 20.3 Å². The maximum absolute atomic E-state index is 13.1. The molecule has 170 valence electrons. The summed E-state index contributed by atoms with van der Waals surface area (Å²) >= 11 is 1.42. The second-order valence-electron chi connectivity index (χ2n) is 7.73. The molecule has 0 aliphatic carbocycles. The average Bonchev–Trinajstić information content (AvgIpc) is 2.80. The Kier molecular flexibility index (Phi) is 6.84. The number of hydrogen-bond acceptors (Lipinski definition) is 6. The van der Waals surface area contributed by atoms with Crippen LogP contribution in [-0.4, -0.2) is 29.6 Å². The van der Waals surface area contributed by atoms with Gasteiger partial charge in [0.15, 0.2) is 16.7 Å². The molecular weight excluding hydrogens is 438 g/mol. The predicted octanol–water partition coefficient (Wildman–Crippen LogP) is 4.42. The minimum atomic E-state index is -0.442. The van der Waals surface area contributed by atoms with E-state index in [9.17, 15) is 9.59 Å². The standard InChI is InChI=1S/C25H25N3O4S/c1-4-10-32-19-9-8-17(12-20(19)31-3)18-13-21(29)26-23-22(18)24(30)28-25(27-23)33-14-16-7-5-6-15(2)11-16/h4-9,11-12,18H,1,10,13-14H2,2-3H3,(H2,26,27,28,29,30)/t18-/m1/s1. The summed E-state index contributed by atoms with van der Waals surface area (Å²) in [6.07, 6.45) is 1.79. The number of rotatable bonds is 8. The molecule has 1 aliphatic heterocycles. The van der Waals surface area contributed by atoms with Crippen LogP contribution in [-0.2, 0) is 10.5 Å². The van der Waals surface area contributed by atoms with Crippen molar-refractivity contribution in [3.8, 4) is 11.5 Å². The lowest BCUT2D eigenvalue weighted by Crippen LogP contribution is -2.31.